The number of fused-ring (bicyclic) bond motifs is 1. The van der Waals surface area contributed by atoms with Crippen LogP contribution in [0.15, 0.2) is 48.9 Å². The molecule has 0 aliphatic carbocycles. The van der Waals surface area contributed by atoms with Crippen molar-refractivity contribution in [1.82, 2.24) is 29.5 Å². The molecule has 0 radical (unpaired) electrons. The first-order valence-electron chi connectivity index (χ1n) is 13.3. The summed E-state index contributed by atoms with van der Waals surface area (Å²) in [6.07, 6.45) is 7.03. The lowest BCUT2D eigenvalue weighted by Gasteiger charge is -2.39. The van der Waals surface area contributed by atoms with Gasteiger partial charge < -0.3 is 9.30 Å². The van der Waals surface area contributed by atoms with Crippen molar-refractivity contribution in [2.75, 3.05) is 26.9 Å². The number of likely N-dealkylation sites (tertiary alicyclic amines) is 1. The van der Waals surface area contributed by atoms with Crippen LogP contribution in [0.5, 0.6) is 0 Å². The Morgan fingerprint density at radius 3 is 2.63 bits per heavy atom. The van der Waals surface area contributed by atoms with E-state index in [2.05, 4.69) is 62.6 Å². The molecular formula is C30H37FN6O. The molecule has 1 aromatic carbocycles. The van der Waals surface area contributed by atoms with E-state index in [0.717, 1.165) is 59.8 Å². The Kier molecular flexibility index (Phi) is 7.83. The summed E-state index contributed by atoms with van der Waals surface area (Å²) in [5.41, 5.74) is 7.19. The van der Waals surface area contributed by atoms with E-state index in [9.17, 15) is 4.39 Å². The first-order valence-corrected chi connectivity index (χ1v) is 13.3. The van der Waals surface area contributed by atoms with Crippen LogP contribution in [-0.4, -0.2) is 62.5 Å². The second-order valence-corrected chi connectivity index (χ2v) is 10.9. The van der Waals surface area contributed by atoms with Crippen LogP contribution in [0.3, 0.4) is 0 Å². The minimum Gasteiger partial charge on any atom is -0.361 e. The third-order valence-electron chi connectivity index (χ3n) is 7.50. The highest BCUT2D eigenvalue weighted by Crippen LogP contribution is 2.32. The standard InChI is InChI=1S/C30H37FN6O/c1-20(2)35(5)19-38-18-25-11-26(31)7-9-28(25)37-16-24(30-21(3)12-32-13-29(30)37)10-23-14-36(15-23)17-27-8-6-22(4)33-34-27/h6-9,11-13,16,20,23H,10,14-15,17-19H2,1-5H3. The molecule has 7 nitrogen and oxygen atoms in total. The molecule has 0 unspecified atom stereocenters. The molecule has 0 amide bonds. The van der Waals surface area contributed by atoms with E-state index in [-0.39, 0.29) is 5.82 Å². The largest absolute Gasteiger partial charge is 0.361 e. The molecule has 1 fully saturated rings. The van der Waals surface area contributed by atoms with Gasteiger partial charge in [0, 0.05) is 49.0 Å². The average Bonchev–Trinajstić information content (AvgIpc) is 3.23. The Morgan fingerprint density at radius 1 is 1.08 bits per heavy atom. The maximum atomic E-state index is 14.3. The topological polar surface area (TPSA) is 59.3 Å². The lowest BCUT2D eigenvalue weighted by molar-refractivity contribution is 0.0181. The second-order valence-electron chi connectivity index (χ2n) is 10.9. The fraction of sp³-hybridized carbons (Fsp3) is 0.433. The van der Waals surface area contributed by atoms with E-state index in [1.54, 1.807) is 6.07 Å². The summed E-state index contributed by atoms with van der Waals surface area (Å²) in [5, 5.41) is 9.73. The first kappa shape index (κ1) is 26.4. The number of benzene rings is 1. The summed E-state index contributed by atoms with van der Waals surface area (Å²) in [5.74, 6) is 0.311. The third-order valence-corrected chi connectivity index (χ3v) is 7.50. The van der Waals surface area contributed by atoms with Gasteiger partial charge in [-0.15, -0.1) is 0 Å². The number of hydrogen-bond acceptors (Lipinski definition) is 6. The second kappa shape index (κ2) is 11.3. The molecule has 5 rings (SSSR count). The molecule has 38 heavy (non-hydrogen) atoms. The summed E-state index contributed by atoms with van der Waals surface area (Å²) in [6, 6.07) is 9.40. The van der Waals surface area contributed by atoms with Crippen molar-refractivity contribution in [1.29, 1.82) is 0 Å². The number of aromatic nitrogens is 4. The quantitative estimate of drug-likeness (QED) is 0.275. The van der Waals surface area contributed by atoms with Crippen LogP contribution in [-0.2, 0) is 24.3 Å². The van der Waals surface area contributed by atoms with Crippen molar-refractivity contribution >= 4 is 10.9 Å². The molecule has 1 aliphatic heterocycles. The number of aryl methyl sites for hydroxylation is 2. The Bertz CT molecular complexity index is 1390. The highest BCUT2D eigenvalue weighted by atomic mass is 19.1. The third kappa shape index (κ3) is 5.77. The fourth-order valence-electron chi connectivity index (χ4n) is 5.13. The molecule has 4 heterocycles. The van der Waals surface area contributed by atoms with Gasteiger partial charge in [-0.1, -0.05) is 0 Å². The molecule has 4 aromatic rings. The molecule has 200 valence electrons. The van der Waals surface area contributed by atoms with E-state index in [4.69, 9.17) is 4.74 Å². The minimum absolute atomic E-state index is 0.261. The fourth-order valence-corrected chi connectivity index (χ4v) is 5.13. The molecule has 8 heteroatoms. The monoisotopic (exact) mass is 516 g/mol. The zero-order valence-corrected chi connectivity index (χ0v) is 23.0. The van der Waals surface area contributed by atoms with E-state index in [1.807, 2.05) is 38.5 Å². The Balaban J connectivity index is 1.36. The summed E-state index contributed by atoms with van der Waals surface area (Å²) in [7, 11) is 2.02. The molecular weight excluding hydrogens is 479 g/mol. The molecule has 1 saturated heterocycles. The van der Waals surface area contributed by atoms with Crippen LogP contribution in [0.25, 0.3) is 16.6 Å². The van der Waals surface area contributed by atoms with Gasteiger partial charge in [0.1, 0.15) is 5.82 Å². The predicted octanol–water partition coefficient (Wildman–Crippen LogP) is 5.06. The predicted molar refractivity (Wildman–Crippen MR) is 148 cm³/mol. The van der Waals surface area contributed by atoms with Gasteiger partial charge >= 0.3 is 0 Å². The van der Waals surface area contributed by atoms with Crippen LogP contribution in [0.2, 0.25) is 0 Å². The summed E-state index contributed by atoms with van der Waals surface area (Å²) >= 11 is 0. The van der Waals surface area contributed by atoms with Gasteiger partial charge in [0.2, 0.25) is 0 Å². The number of ether oxygens (including phenoxy) is 1. The zero-order valence-electron chi connectivity index (χ0n) is 23.0. The minimum atomic E-state index is -0.261. The maximum absolute atomic E-state index is 14.3. The Morgan fingerprint density at radius 2 is 1.89 bits per heavy atom. The van der Waals surface area contributed by atoms with E-state index < -0.39 is 0 Å². The SMILES string of the molecule is Cc1ccc(CN2CC(Cc3cn(-c4ccc(F)cc4COCN(C)C(C)C)c4cncc(C)c34)C2)nn1. The van der Waals surface area contributed by atoms with Gasteiger partial charge in [-0.25, -0.2) is 4.39 Å². The molecule has 0 spiro atoms. The highest BCUT2D eigenvalue weighted by molar-refractivity contribution is 5.88. The molecule has 0 saturated carbocycles. The van der Waals surface area contributed by atoms with Gasteiger partial charge in [0.15, 0.2) is 0 Å². The van der Waals surface area contributed by atoms with Gasteiger partial charge in [0.25, 0.3) is 0 Å². The number of pyridine rings is 1. The number of hydrogen-bond donors (Lipinski definition) is 0. The maximum Gasteiger partial charge on any atom is 0.123 e. The van der Waals surface area contributed by atoms with Gasteiger partial charge in [-0.05, 0) is 88.5 Å². The number of rotatable bonds is 10. The smallest absolute Gasteiger partial charge is 0.123 e. The lowest BCUT2D eigenvalue weighted by atomic mass is 9.91. The zero-order chi connectivity index (χ0) is 26.8. The Labute approximate surface area is 224 Å². The summed E-state index contributed by atoms with van der Waals surface area (Å²) in [6.45, 7) is 12.0. The molecule has 0 bridgehead atoms. The first-order chi connectivity index (χ1) is 18.3. The number of halogens is 1. The summed E-state index contributed by atoms with van der Waals surface area (Å²) in [4.78, 5) is 9.02. The van der Waals surface area contributed by atoms with Crippen molar-refractivity contribution in [3.8, 4) is 5.69 Å². The van der Waals surface area contributed by atoms with Crippen LogP contribution >= 0.6 is 0 Å². The molecule has 0 N–H and O–H groups in total. The number of nitrogens with zero attached hydrogens (tertiary/aromatic N) is 6. The lowest BCUT2D eigenvalue weighted by Crippen LogP contribution is -2.46. The van der Waals surface area contributed by atoms with Crippen LogP contribution < -0.4 is 0 Å². The molecule has 3 aromatic heterocycles. The normalized spacial score (nSPS) is 14.6. The van der Waals surface area contributed by atoms with E-state index in [0.29, 0.717) is 25.3 Å². The summed E-state index contributed by atoms with van der Waals surface area (Å²) < 4.78 is 22.4. The van der Waals surface area contributed by atoms with Crippen LogP contribution in [0, 0.1) is 25.6 Å². The van der Waals surface area contributed by atoms with Crippen molar-refractivity contribution in [2.45, 2.75) is 53.3 Å². The van der Waals surface area contributed by atoms with Crippen molar-refractivity contribution < 1.29 is 9.13 Å². The van der Waals surface area contributed by atoms with E-state index >= 15 is 0 Å². The molecule has 0 atom stereocenters. The van der Waals surface area contributed by atoms with Gasteiger partial charge in [-0.2, -0.15) is 10.2 Å². The van der Waals surface area contributed by atoms with Crippen molar-refractivity contribution in [3.05, 3.63) is 82.8 Å². The van der Waals surface area contributed by atoms with Gasteiger partial charge in [-0.3, -0.25) is 14.8 Å². The van der Waals surface area contributed by atoms with Crippen LogP contribution in [0.1, 0.15) is 41.9 Å². The van der Waals surface area contributed by atoms with Gasteiger partial charge in [0.05, 0.1) is 42.1 Å². The molecule has 1 aliphatic rings. The average molecular weight is 517 g/mol. The van der Waals surface area contributed by atoms with Crippen molar-refractivity contribution in [3.63, 3.8) is 0 Å². The Hall–Kier alpha value is -3.20. The van der Waals surface area contributed by atoms with Crippen molar-refractivity contribution in [2.24, 2.45) is 5.92 Å². The highest BCUT2D eigenvalue weighted by Gasteiger charge is 2.28. The van der Waals surface area contributed by atoms with E-state index in [1.165, 1.54) is 17.0 Å². The van der Waals surface area contributed by atoms with Crippen LogP contribution in [0.4, 0.5) is 4.39 Å².